The summed E-state index contributed by atoms with van der Waals surface area (Å²) in [7, 11) is -21.2. The summed E-state index contributed by atoms with van der Waals surface area (Å²) in [6, 6.07) is 0. The average Bonchev–Trinajstić information content (AvgIpc) is 1.62. The molecule has 4 saturated heterocycles. The number of amides is 2. The highest BCUT2D eigenvalue weighted by atomic mass is 127. The van der Waals surface area contributed by atoms with E-state index in [1.165, 1.54) is 30.3 Å². The van der Waals surface area contributed by atoms with E-state index >= 15 is 0 Å². The number of dihydropyridines is 1. The molecule has 100 heavy (non-hydrogen) atoms. The van der Waals surface area contributed by atoms with Crippen LogP contribution in [0.4, 0.5) is 11.6 Å². The number of phosphoric ester groups is 4. The fraction of sp³-hybridized carbons (Fsp3) is 0.640. The standard InChI is InChI=1S/C16H30N3O9PSi.C14H22N3O8P.C10H14IN2O8P.C10H16N3O8P/c1-16(2,3)30(4,5)27-7-9-6-19(15(22)18-13(9)17)14-12(21)11(20)10(28-14)8-26-29(23,24)25;1-4-9-5-17(7(2)15-13(9)16-8(3)18)14-12(20)11(19)10(25-14)6-24-26(21,22)23;11-4-1-3(10(16)13-9(4)12)8-7(15)6(14)5(21-8)2-20-22(17,18)19;1-4-2-13(10(16)12-8(4)11)9-7(15)6(14)5(21-9)3-20-22(17,18)19/h6,10-12,14,20-21H,7-8H2,1-5H3,(H2,17,18,22)(H2,23,24,25);5,10-12,14,19-20H,2,4,6H2,1,3H3,(H,15,16,18)(H2,21,22,23);1,3,5-8,14-15H,2H2,(H2,12,13,16)(H2,17,18,19);2,5-7,9,14-15H,3H2,1H3,(H2,11,12,16)(H2,17,18,19)/t2*10-,11-,12-,14-;3?,5-,6-,7-,8+;5-,6-,7-,9-/m1111/s1. The molecule has 0 saturated carbocycles. The number of nitrogens with zero attached hydrogens (tertiary/aromatic N) is 7. The summed E-state index contributed by atoms with van der Waals surface area (Å²) >= 11 is 1.86. The van der Waals surface area contributed by atoms with Crippen LogP contribution in [0.15, 0.2) is 65.8 Å². The smallest absolute Gasteiger partial charge is 0.412 e. The molecule has 566 valence electrons. The van der Waals surface area contributed by atoms with Crippen LogP contribution in [0.25, 0.3) is 0 Å². The Labute approximate surface area is 581 Å². The predicted octanol–water partition coefficient (Wildman–Crippen LogP) is -4.49. The molecule has 17 atom stereocenters. The van der Waals surface area contributed by atoms with Crippen molar-refractivity contribution in [2.75, 3.05) is 37.9 Å². The van der Waals surface area contributed by atoms with E-state index in [-0.39, 0.29) is 40.8 Å². The number of nitrogens with one attached hydrogen (secondary N) is 1. The topological polar surface area (TPSA) is 697 Å². The maximum Gasteiger partial charge on any atom is 0.469 e. The maximum atomic E-state index is 12.3. The summed E-state index contributed by atoms with van der Waals surface area (Å²) in [6.07, 6.45) is -15.3. The number of ether oxygens (including phenoxy) is 4. The Bertz CT molecular complexity index is 3730. The average molecular weight is 1640 g/mol. The number of anilines is 2. The van der Waals surface area contributed by atoms with Crippen LogP contribution >= 0.6 is 53.9 Å². The lowest BCUT2D eigenvalue weighted by molar-refractivity contribution is -0.126. The van der Waals surface area contributed by atoms with Gasteiger partial charge in [-0.3, -0.25) is 36.8 Å². The van der Waals surface area contributed by atoms with Crippen molar-refractivity contribution in [1.82, 2.24) is 29.3 Å². The lowest BCUT2D eigenvalue weighted by Crippen LogP contribution is -2.43. The maximum absolute atomic E-state index is 12.3. The summed E-state index contributed by atoms with van der Waals surface area (Å²) < 4.78 is 90.2. The highest BCUT2D eigenvalue weighted by Crippen LogP contribution is 2.43. The number of carbonyl (C=O) groups excluding carboxylic acids is 2. The van der Waals surface area contributed by atoms with Crippen LogP contribution in [-0.4, -0.2) is 248 Å². The first-order chi connectivity index (χ1) is 45.8. The van der Waals surface area contributed by atoms with E-state index in [0.29, 0.717) is 32.5 Å². The molecule has 2 amide bonds. The van der Waals surface area contributed by atoms with Gasteiger partial charge in [0.2, 0.25) is 5.91 Å². The van der Waals surface area contributed by atoms with E-state index < -0.39 is 187 Å². The largest absolute Gasteiger partial charge is 0.469 e. The van der Waals surface area contributed by atoms with E-state index in [1.54, 1.807) is 13.1 Å². The zero-order valence-electron chi connectivity index (χ0n) is 54.2. The molecule has 44 nitrogen and oxygen atoms in total. The van der Waals surface area contributed by atoms with E-state index in [9.17, 15) is 78.3 Å². The monoisotopic (exact) mass is 1640 g/mol. The van der Waals surface area contributed by atoms with Gasteiger partial charge < -0.3 is 131 Å². The quantitative estimate of drug-likeness (QED) is 0.0338. The highest BCUT2D eigenvalue weighted by Gasteiger charge is 2.51. The van der Waals surface area contributed by atoms with E-state index in [4.69, 9.17) is 79.7 Å². The second-order valence-corrected chi connectivity index (χ2v) is 35.1. The van der Waals surface area contributed by atoms with Crippen LogP contribution in [0.3, 0.4) is 0 Å². The number of aliphatic imine (C=N–C) groups is 2. The third-order valence-corrected chi connectivity index (χ3v) is 23.1. The van der Waals surface area contributed by atoms with E-state index in [0.717, 1.165) is 9.13 Å². The van der Waals surface area contributed by atoms with Crippen LogP contribution < -0.4 is 33.9 Å². The zero-order valence-corrected chi connectivity index (χ0v) is 60.9. The van der Waals surface area contributed by atoms with Gasteiger partial charge in [0.05, 0.1) is 42.5 Å². The van der Waals surface area contributed by atoms with Crippen molar-refractivity contribution in [2.24, 2.45) is 21.6 Å². The molecular formula is C50H82IN11O33P4Si. The van der Waals surface area contributed by atoms with Crippen LogP contribution in [0, 0.1) is 12.8 Å². The van der Waals surface area contributed by atoms with Gasteiger partial charge in [-0.1, -0.05) is 40.3 Å². The molecule has 23 N–H and O–H groups in total. The summed E-state index contributed by atoms with van der Waals surface area (Å²) in [6.45, 7) is 16.4. The third-order valence-electron chi connectivity index (χ3n) is 15.7. The lowest BCUT2D eigenvalue weighted by Gasteiger charge is -2.36. The van der Waals surface area contributed by atoms with Crippen molar-refractivity contribution in [3.63, 3.8) is 0 Å². The Morgan fingerprint density at radius 3 is 1.47 bits per heavy atom. The second kappa shape index (κ2) is 34.6. The van der Waals surface area contributed by atoms with Crippen molar-refractivity contribution in [1.29, 1.82) is 0 Å². The molecule has 8 rings (SSSR count). The number of aliphatic hydroxyl groups excluding tert-OH is 8. The minimum Gasteiger partial charge on any atom is -0.412 e. The molecule has 4 fully saturated rings. The zero-order chi connectivity index (χ0) is 76.0. The number of aliphatic hydroxyl groups is 8. The first-order valence-electron chi connectivity index (χ1n) is 29.3. The van der Waals surface area contributed by atoms with Gasteiger partial charge in [-0.2, -0.15) is 15.0 Å². The number of amidine groups is 2. The Morgan fingerprint density at radius 1 is 0.650 bits per heavy atom. The van der Waals surface area contributed by atoms with E-state index in [1.807, 2.05) is 29.5 Å². The third kappa shape index (κ3) is 23.5. The summed E-state index contributed by atoms with van der Waals surface area (Å²) in [5.74, 6) is -1.35. The van der Waals surface area contributed by atoms with E-state index in [2.05, 4.69) is 83.8 Å². The van der Waals surface area contributed by atoms with Crippen molar-refractivity contribution in [3.8, 4) is 0 Å². The number of aromatic nitrogens is 4. The van der Waals surface area contributed by atoms with Gasteiger partial charge in [0.15, 0.2) is 27.0 Å². The Kier molecular flexibility index (Phi) is 29.8. The molecular weight excluding hydrogens is 1560 g/mol. The SMILES string of the molecule is C=C1N=C(NC(C)=O)C(CC)=CN1[C@@H]1O[C@H](COP(=O)(O)O)[C@@H](O)[C@H]1O.CC(C)(C)[Si](C)(C)OCc1cn([C@@H]2O[C@H](COP(=O)(O)O)[C@@H](O)[C@H]2O)c(=O)nc1N.Cc1cn([C@@H]2O[C@H](COP(=O)(O)O)[C@@H](O)[C@H]2O)c(=O)nc1N.NC1=NC(=O)C([C@@H]2O[C@H](COP(=O)(O)O)[C@@H](O)[C@H]2O)C=C1I. The van der Waals surface area contributed by atoms with Crippen molar-refractivity contribution >= 4 is 97.3 Å². The Hall–Kier alpha value is -4.47. The number of hydrogen-bond donors (Lipinski definition) is 20. The summed E-state index contributed by atoms with van der Waals surface area (Å²) in [5, 5.41) is 82.9. The van der Waals surface area contributed by atoms with Crippen LogP contribution in [0.2, 0.25) is 18.1 Å². The molecule has 1 unspecified atom stereocenters. The van der Waals surface area contributed by atoms with Gasteiger partial charge in [0.25, 0.3) is 5.91 Å². The molecule has 0 aliphatic carbocycles. The van der Waals surface area contributed by atoms with Gasteiger partial charge >= 0.3 is 42.7 Å². The fourth-order valence-electron chi connectivity index (χ4n) is 9.35. The molecule has 6 aliphatic rings. The first kappa shape index (κ1) is 86.2. The molecule has 0 aromatic carbocycles. The second-order valence-electron chi connectivity index (χ2n) is 24.1. The molecule has 0 bridgehead atoms. The van der Waals surface area contributed by atoms with Crippen LogP contribution in [-0.2, 0) is 75.9 Å². The van der Waals surface area contributed by atoms with Crippen molar-refractivity contribution < 1.29 is 149 Å². The van der Waals surface area contributed by atoms with Gasteiger partial charge in [-0.25, -0.2) is 32.8 Å². The summed E-state index contributed by atoms with van der Waals surface area (Å²) in [5.41, 5.74) is 16.8. The minimum absolute atomic E-state index is 0.0237. The van der Waals surface area contributed by atoms with Crippen LogP contribution in [0.1, 0.15) is 64.6 Å². The summed E-state index contributed by atoms with van der Waals surface area (Å²) in [4.78, 5) is 133. The first-order valence-corrected chi connectivity index (χ1v) is 39.4. The van der Waals surface area contributed by atoms with Gasteiger partial charge in [-0.05, 0) is 54.1 Å². The van der Waals surface area contributed by atoms with Crippen molar-refractivity contribution in [3.05, 3.63) is 78.3 Å². The number of rotatable bonds is 20. The number of halogens is 1. The normalized spacial score (nSPS) is 29.7. The predicted molar refractivity (Wildman–Crippen MR) is 351 cm³/mol. The molecule has 50 heteroatoms. The highest BCUT2D eigenvalue weighted by molar-refractivity contribution is 14.1. The molecule has 8 heterocycles. The van der Waals surface area contributed by atoms with Gasteiger partial charge in [0.1, 0.15) is 108 Å². The van der Waals surface area contributed by atoms with Gasteiger partial charge in [-0.15, -0.1) is 0 Å². The number of hydrogen-bond acceptors (Lipinski definition) is 32. The van der Waals surface area contributed by atoms with Gasteiger partial charge in [0, 0.05) is 42.2 Å². The number of aryl methyl sites for hydroxylation is 1. The Balaban J connectivity index is 0.000000242. The fourth-order valence-corrected chi connectivity index (χ4v) is 12.2. The number of nitrogen functional groups attached to an aromatic ring is 2. The Morgan fingerprint density at radius 2 is 1.05 bits per heavy atom. The molecule has 0 spiro atoms. The lowest BCUT2D eigenvalue weighted by atomic mass is 9.94. The molecule has 6 aliphatic heterocycles. The molecule has 2 aromatic heterocycles. The number of nitrogens with two attached hydrogens (primary N) is 3. The molecule has 0 radical (unpaired) electrons. The van der Waals surface area contributed by atoms with Crippen LogP contribution in [0.5, 0.6) is 0 Å². The number of phosphoric acid groups is 4. The number of carbonyl (C=O) groups is 2. The van der Waals surface area contributed by atoms with Crippen molar-refractivity contribution in [2.45, 2.75) is 171 Å². The molecule has 2 aromatic rings. The minimum atomic E-state index is -4.80.